The number of aromatic nitrogens is 1. The summed E-state index contributed by atoms with van der Waals surface area (Å²) >= 11 is 0. The quantitative estimate of drug-likeness (QED) is 0.471. The Kier molecular flexibility index (Phi) is 7.93. The average Bonchev–Trinajstić information content (AvgIpc) is 3.05. The van der Waals surface area contributed by atoms with Gasteiger partial charge in [0.2, 0.25) is 9.84 Å². The average molecular weight is 494 g/mol. The van der Waals surface area contributed by atoms with Crippen LogP contribution in [0.2, 0.25) is 0 Å². The molecule has 0 atom stereocenters. The number of ketones is 1. The number of nitrogens with zero attached hydrogens (tertiary/aromatic N) is 1. The minimum absolute atomic E-state index is 0.0633. The van der Waals surface area contributed by atoms with E-state index in [0.717, 1.165) is 47.5 Å². The lowest BCUT2D eigenvalue weighted by Crippen LogP contribution is -2.28. The first-order valence-electron chi connectivity index (χ1n) is 11.7. The molecule has 184 valence electrons. The highest BCUT2D eigenvalue weighted by molar-refractivity contribution is 7.91. The summed E-state index contributed by atoms with van der Waals surface area (Å²) in [5.74, 6) is 0.174. The Morgan fingerprint density at radius 3 is 2.20 bits per heavy atom. The highest BCUT2D eigenvalue weighted by Gasteiger charge is 2.36. The minimum atomic E-state index is -3.65. The zero-order valence-electron chi connectivity index (χ0n) is 20.6. The number of carbonyl (C=O) groups is 1. The summed E-state index contributed by atoms with van der Waals surface area (Å²) in [6.45, 7) is 9.37. The fourth-order valence-electron chi connectivity index (χ4n) is 4.98. The van der Waals surface area contributed by atoms with Crippen molar-refractivity contribution in [3.63, 3.8) is 0 Å². The summed E-state index contributed by atoms with van der Waals surface area (Å²) < 4.78 is 29.1. The molecule has 1 aliphatic carbocycles. The van der Waals surface area contributed by atoms with Crippen LogP contribution in [0.3, 0.4) is 0 Å². The maximum atomic E-state index is 13.4. The molecule has 3 aromatic rings. The molecular weight excluding hydrogens is 462 g/mol. The molecule has 1 aliphatic rings. The van der Waals surface area contributed by atoms with E-state index in [2.05, 4.69) is 32.3 Å². The van der Waals surface area contributed by atoms with Gasteiger partial charge in [0.05, 0.1) is 9.79 Å². The lowest BCUT2D eigenvalue weighted by atomic mass is 9.75. The van der Waals surface area contributed by atoms with Crippen LogP contribution in [0.15, 0.2) is 64.4 Å². The molecule has 35 heavy (non-hydrogen) atoms. The molecule has 1 aromatic heterocycles. The fraction of sp³-hybridized carbons (Fsp3) is 0.357. The Morgan fingerprint density at radius 2 is 1.57 bits per heavy atom. The normalized spacial score (nSPS) is 14.5. The second-order valence-corrected chi connectivity index (χ2v) is 11.6. The largest absolute Gasteiger partial charge is 0.373 e. The van der Waals surface area contributed by atoms with Gasteiger partial charge in [0.25, 0.3) is 0 Å². The van der Waals surface area contributed by atoms with Crippen LogP contribution >= 0.6 is 0 Å². The van der Waals surface area contributed by atoms with E-state index in [1.807, 2.05) is 18.2 Å². The third kappa shape index (κ3) is 5.37. The third-order valence-corrected chi connectivity index (χ3v) is 8.32. The van der Waals surface area contributed by atoms with E-state index in [1.165, 1.54) is 0 Å². The van der Waals surface area contributed by atoms with E-state index >= 15 is 0 Å². The molecule has 0 aliphatic heterocycles. The summed E-state index contributed by atoms with van der Waals surface area (Å²) in [6.07, 6.45) is 3.04. The zero-order chi connectivity index (χ0) is 25.8. The maximum absolute atomic E-state index is 13.4. The summed E-state index contributed by atoms with van der Waals surface area (Å²) in [4.78, 5) is 30.1. The van der Waals surface area contributed by atoms with E-state index in [1.54, 1.807) is 36.4 Å². The van der Waals surface area contributed by atoms with Crippen LogP contribution in [-0.4, -0.2) is 24.9 Å². The molecule has 7 heteroatoms. The molecule has 1 heterocycles. The SMILES string of the molecule is CCCn1c(C)c(Cc2ccccc2S(=O)(=O)c2ccccc2)c2c1CC(C)(C)CC2=O.O=C=O. The highest BCUT2D eigenvalue weighted by atomic mass is 32.2. The Balaban J connectivity index is 0.00000108. The van der Waals surface area contributed by atoms with Crippen molar-refractivity contribution < 1.29 is 22.8 Å². The number of hydrogen-bond acceptors (Lipinski definition) is 5. The number of benzene rings is 2. The first-order chi connectivity index (χ1) is 16.6. The van der Waals surface area contributed by atoms with Crippen molar-refractivity contribution in [3.05, 3.63) is 82.7 Å². The van der Waals surface area contributed by atoms with Crippen LogP contribution in [0, 0.1) is 12.3 Å². The number of carbonyl (C=O) groups excluding carboxylic acids is 3. The summed E-state index contributed by atoms with van der Waals surface area (Å²) in [6, 6.07) is 15.7. The van der Waals surface area contributed by atoms with Gasteiger partial charge in [-0.2, -0.15) is 9.59 Å². The molecular formula is C28H31NO5S. The number of Topliss-reactive ketones (excluding diaryl/α,β-unsaturated/α-hetero) is 1. The van der Waals surface area contributed by atoms with Crippen LogP contribution in [0.5, 0.6) is 0 Å². The molecule has 0 saturated carbocycles. The van der Waals surface area contributed by atoms with Gasteiger partial charge in [0, 0.05) is 36.3 Å². The monoisotopic (exact) mass is 493 g/mol. The Labute approximate surface area is 206 Å². The van der Waals surface area contributed by atoms with Crippen LogP contribution in [0.4, 0.5) is 0 Å². The van der Waals surface area contributed by atoms with E-state index in [-0.39, 0.29) is 22.2 Å². The molecule has 0 amide bonds. The van der Waals surface area contributed by atoms with Gasteiger partial charge in [0.1, 0.15) is 0 Å². The fourth-order valence-corrected chi connectivity index (χ4v) is 6.49. The molecule has 4 rings (SSSR count). The second-order valence-electron chi connectivity index (χ2n) is 9.66. The van der Waals surface area contributed by atoms with E-state index in [0.29, 0.717) is 17.7 Å². The van der Waals surface area contributed by atoms with Gasteiger partial charge in [-0.25, -0.2) is 8.42 Å². The Morgan fingerprint density at radius 1 is 0.971 bits per heavy atom. The van der Waals surface area contributed by atoms with Crippen LogP contribution in [0.1, 0.15) is 66.5 Å². The molecule has 0 spiro atoms. The summed E-state index contributed by atoms with van der Waals surface area (Å²) in [5.41, 5.74) is 4.66. The van der Waals surface area contributed by atoms with Gasteiger partial charge in [-0.15, -0.1) is 0 Å². The molecule has 0 N–H and O–H groups in total. The van der Waals surface area contributed by atoms with Gasteiger partial charge in [-0.1, -0.05) is 57.2 Å². The predicted octanol–water partition coefficient (Wildman–Crippen LogP) is 5.20. The molecule has 0 saturated heterocycles. The van der Waals surface area contributed by atoms with Crippen molar-refractivity contribution in [1.29, 1.82) is 0 Å². The van der Waals surface area contributed by atoms with Gasteiger partial charge in [-0.05, 0) is 54.5 Å². The van der Waals surface area contributed by atoms with Crippen LogP contribution in [-0.2, 0) is 38.8 Å². The summed E-state index contributed by atoms with van der Waals surface area (Å²) in [7, 11) is -3.65. The number of hydrogen-bond donors (Lipinski definition) is 0. The number of fused-ring (bicyclic) bond motifs is 1. The van der Waals surface area contributed by atoms with Crippen molar-refractivity contribution in [2.45, 2.75) is 69.7 Å². The van der Waals surface area contributed by atoms with Crippen LogP contribution in [0.25, 0.3) is 0 Å². The molecule has 6 nitrogen and oxygen atoms in total. The highest BCUT2D eigenvalue weighted by Crippen LogP contribution is 2.40. The van der Waals surface area contributed by atoms with Crippen molar-refractivity contribution in [3.8, 4) is 0 Å². The molecule has 0 fully saturated rings. The molecule has 0 bridgehead atoms. The van der Waals surface area contributed by atoms with E-state index < -0.39 is 9.84 Å². The van der Waals surface area contributed by atoms with E-state index in [4.69, 9.17) is 9.59 Å². The zero-order valence-corrected chi connectivity index (χ0v) is 21.4. The van der Waals surface area contributed by atoms with Gasteiger partial charge in [0.15, 0.2) is 5.78 Å². The number of sulfone groups is 1. The van der Waals surface area contributed by atoms with Gasteiger partial charge >= 0.3 is 6.15 Å². The Hall–Kier alpha value is -3.28. The smallest absolute Gasteiger partial charge is 0.348 e. The summed E-state index contributed by atoms with van der Waals surface area (Å²) in [5, 5.41) is 0. The first-order valence-corrected chi connectivity index (χ1v) is 13.2. The standard InChI is InChI=1S/C27H31NO3S.CO2/c1-5-15-28-19(2)22(26-23(28)17-27(3,4)18-24(26)29)16-20-11-9-10-14-25(20)32(30,31)21-12-7-6-8-13-21;2-1-3/h6-14H,5,15-18H2,1-4H3;. The van der Waals surface area contributed by atoms with Crippen molar-refractivity contribution in [2.24, 2.45) is 5.41 Å². The maximum Gasteiger partial charge on any atom is 0.373 e. The number of rotatable bonds is 6. The van der Waals surface area contributed by atoms with Crippen LogP contribution < -0.4 is 0 Å². The third-order valence-electron chi connectivity index (χ3n) is 6.45. The van der Waals surface area contributed by atoms with Crippen molar-refractivity contribution in [1.82, 2.24) is 4.57 Å². The van der Waals surface area contributed by atoms with Gasteiger partial charge < -0.3 is 4.57 Å². The molecule has 2 aromatic carbocycles. The lowest BCUT2D eigenvalue weighted by Gasteiger charge is -2.30. The van der Waals surface area contributed by atoms with Crippen molar-refractivity contribution in [2.75, 3.05) is 0 Å². The second kappa shape index (κ2) is 10.5. The lowest BCUT2D eigenvalue weighted by molar-refractivity contribution is -0.191. The van der Waals surface area contributed by atoms with Gasteiger partial charge in [-0.3, -0.25) is 4.79 Å². The topological polar surface area (TPSA) is 90.3 Å². The Bertz CT molecular complexity index is 1360. The van der Waals surface area contributed by atoms with E-state index in [9.17, 15) is 13.2 Å². The minimum Gasteiger partial charge on any atom is -0.348 e. The molecule has 0 radical (unpaired) electrons. The molecule has 0 unspecified atom stereocenters. The van der Waals surface area contributed by atoms with Crippen molar-refractivity contribution >= 4 is 21.8 Å². The predicted molar refractivity (Wildman–Crippen MR) is 132 cm³/mol. The first kappa shape index (κ1) is 26.3.